The normalized spacial score (nSPS) is 12.4. The van der Waals surface area contributed by atoms with E-state index in [4.69, 9.17) is 0 Å². The van der Waals surface area contributed by atoms with E-state index in [0.717, 1.165) is 29.5 Å². The van der Waals surface area contributed by atoms with Crippen molar-refractivity contribution in [2.75, 3.05) is 17.1 Å². The minimum Gasteiger partial charge on any atom is -0.265 e. The third kappa shape index (κ3) is 6.30. The van der Waals surface area contributed by atoms with Gasteiger partial charge < -0.3 is 0 Å². The fourth-order valence-corrected chi connectivity index (χ4v) is 6.91. The number of aryl methyl sites for hydroxylation is 1. The monoisotopic (exact) mass is 537 g/mol. The second-order valence-corrected chi connectivity index (χ2v) is 11.9. The Bertz CT molecular complexity index is 1290. The van der Waals surface area contributed by atoms with Crippen molar-refractivity contribution in [3.05, 3.63) is 56.4 Å². The van der Waals surface area contributed by atoms with Crippen LogP contribution in [0.25, 0.3) is 5.69 Å². The predicted molar refractivity (Wildman–Crippen MR) is 127 cm³/mol. The molecule has 0 aromatic heterocycles. The summed E-state index contributed by atoms with van der Waals surface area (Å²) in [5.41, 5.74) is -0.734. The first-order chi connectivity index (χ1) is 15.9. The van der Waals surface area contributed by atoms with Crippen LogP contribution >= 0.6 is 23.1 Å². The topological polar surface area (TPSA) is 81.1 Å². The van der Waals surface area contributed by atoms with Crippen molar-refractivity contribution in [2.24, 2.45) is 0 Å². The number of fused-ring (bicyclic) bond motifs is 1. The van der Waals surface area contributed by atoms with Gasteiger partial charge in [0.2, 0.25) is 10.0 Å². The highest BCUT2D eigenvalue weighted by Gasteiger charge is 2.31. The number of thioether (sulfide) groups is 1. The van der Waals surface area contributed by atoms with Crippen molar-refractivity contribution in [2.45, 2.75) is 49.2 Å². The second kappa shape index (κ2) is 10.6. The van der Waals surface area contributed by atoms with Crippen LogP contribution < -0.4 is 10.4 Å². The molecule has 0 saturated heterocycles. The lowest BCUT2D eigenvalue weighted by Crippen LogP contribution is -2.17. The molecule has 3 rings (SSSR count). The van der Waals surface area contributed by atoms with E-state index in [1.165, 1.54) is 33.7 Å². The Balaban J connectivity index is 1.91. The summed E-state index contributed by atoms with van der Waals surface area (Å²) in [6, 6.07) is 4.06. The van der Waals surface area contributed by atoms with Gasteiger partial charge in [-0.3, -0.25) is 13.7 Å². The van der Waals surface area contributed by atoms with Crippen LogP contribution in [0, 0.1) is 13.8 Å². The molecule has 2 aliphatic heterocycles. The number of nitrogens with zero attached hydrogens (tertiary/aromatic N) is 2. The third-order valence-electron chi connectivity index (χ3n) is 5.01. The van der Waals surface area contributed by atoms with Crippen LogP contribution in [0.3, 0.4) is 0 Å². The Morgan fingerprint density at radius 2 is 1.91 bits per heavy atom. The number of halogens is 4. The molecule has 186 valence electrons. The van der Waals surface area contributed by atoms with Crippen LogP contribution in [0.15, 0.2) is 33.3 Å². The van der Waals surface area contributed by atoms with Crippen LogP contribution in [0.4, 0.5) is 23.4 Å². The Hall–Kier alpha value is -2.12. The minimum atomic E-state index is -4.60. The maximum atomic E-state index is 13.0. The molecule has 2 heterocycles. The van der Waals surface area contributed by atoms with E-state index in [2.05, 4.69) is 9.71 Å². The zero-order valence-electron chi connectivity index (χ0n) is 18.4. The molecule has 34 heavy (non-hydrogen) atoms. The molecule has 6 nitrogen and oxygen atoms in total. The number of alkyl halides is 4. The molecule has 0 saturated carbocycles. The lowest BCUT2D eigenvalue weighted by molar-refractivity contribution is -0.137. The van der Waals surface area contributed by atoms with Crippen LogP contribution in [-0.2, 0) is 22.0 Å². The van der Waals surface area contributed by atoms with Gasteiger partial charge in [0.1, 0.15) is 5.69 Å². The van der Waals surface area contributed by atoms with E-state index in [-0.39, 0.29) is 18.1 Å². The largest absolute Gasteiger partial charge is 0.416 e. The van der Waals surface area contributed by atoms with Gasteiger partial charge in [-0.15, -0.1) is 23.1 Å². The van der Waals surface area contributed by atoms with Gasteiger partial charge in [0.15, 0.2) is 5.82 Å². The number of imidazole rings is 1. The molecular formula is C21H23F4N3O3S3. The summed E-state index contributed by atoms with van der Waals surface area (Å²) in [7, 11) is -4.18. The van der Waals surface area contributed by atoms with Crippen molar-refractivity contribution >= 4 is 38.9 Å². The standard InChI is InChI=1S/C21H23F4N3O3S3/c1-13-14(2)33-19(32-10-5-3-4-9-22)17-18(26-20(29)28(13)17)27-34(30,31)12-15-7-6-8-16(11-15)21(23,24)25/h6-8,11H,3-5,9-10,12H2,1-2H3,(H,26,27,29). The first-order valence-corrected chi connectivity index (χ1v) is 13.8. The van der Waals surface area contributed by atoms with E-state index < -0.39 is 33.2 Å². The number of hydrogen-bond acceptors (Lipinski definition) is 6. The Labute approximate surface area is 202 Å². The lowest BCUT2D eigenvalue weighted by Gasteiger charge is -2.16. The molecule has 0 amide bonds. The van der Waals surface area contributed by atoms with Crippen molar-refractivity contribution in [1.82, 2.24) is 9.55 Å². The van der Waals surface area contributed by atoms with Crippen LogP contribution in [-0.4, -0.2) is 30.4 Å². The van der Waals surface area contributed by atoms with Gasteiger partial charge in [-0.1, -0.05) is 24.6 Å². The lowest BCUT2D eigenvalue weighted by atomic mass is 10.1. The van der Waals surface area contributed by atoms with Crippen molar-refractivity contribution < 1.29 is 26.0 Å². The summed E-state index contributed by atoms with van der Waals surface area (Å²) in [6.07, 6.45) is -2.69. The Kier molecular flexibility index (Phi) is 8.30. The van der Waals surface area contributed by atoms with Gasteiger partial charge in [0.05, 0.1) is 22.2 Å². The molecule has 0 atom stereocenters. The number of sulfonamides is 1. The average molecular weight is 538 g/mol. The highest BCUT2D eigenvalue weighted by Crippen LogP contribution is 2.38. The van der Waals surface area contributed by atoms with Crippen molar-refractivity contribution in [3.8, 4) is 5.69 Å². The molecular weight excluding hydrogens is 514 g/mol. The number of rotatable bonds is 10. The van der Waals surface area contributed by atoms with Gasteiger partial charge in [0.25, 0.3) is 0 Å². The van der Waals surface area contributed by atoms with Gasteiger partial charge in [-0.2, -0.15) is 18.2 Å². The predicted octanol–water partition coefficient (Wildman–Crippen LogP) is 5.54. The number of benzene rings is 1. The smallest absolute Gasteiger partial charge is 0.265 e. The average Bonchev–Trinajstić information content (AvgIpc) is 3.05. The summed E-state index contributed by atoms with van der Waals surface area (Å²) in [5.74, 6) is -0.239. The summed E-state index contributed by atoms with van der Waals surface area (Å²) in [4.78, 5) is 17.3. The Morgan fingerprint density at radius 1 is 1.18 bits per heavy atom. The number of anilines is 1. The minimum absolute atomic E-state index is 0.0505. The summed E-state index contributed by atoms with van der Waals surface area (Å²) >= 11 is 2.81. The first-order valence-electron chi connectivity index (χ1n) is 10.3. The van der Waals surface area contributed by atoms with Gasteiger partial charge >= 0.3 is 11.9 Å². The first kappa shape index (κ1) is 26.5. The zero-order chi connectivity index (χ0) is 25.1. The third-order valence-corrected chi connectivity index (χ3v) is 8.75. The van der Waals surface area contributed by atoms with E-state index in [0.29, 0.717) is 34.2 Å². The molecule has 0 unspecified atom stereocenters. The zero-order valence-corrected chi connectivity index (χ0v) is 20.9. The number of unbranched alkanes of at least 4 members (excludes halogenated alkanes) is 2. The molecule has 1 aromatic carbocycles. The van der Waals surface area contributed by atoms with E-state index in [9.17, 15) is 30.8 Å². The molecule has 2 aliphatic rings. The van der Waals surface area contributed by atoms with Crippen molar-refractivity contribution in [3.63, 3.8) is 0 Å². The SMILES string of the molecule is Cc1sc(SCCCCCF)c2c(NS(=O)(=O)Cc3cccc(C(F)(F)F)c3)nc(=O)n-2c1C. The van der Waals surface area contributed by atoms with Crippen LogP contribution in [0.2, 0.25) is 0 Å². The molecule has 0 radical (unpaired) electrons. The fourth-order valence-electron chi connectivity index (χ4n) is 3.27. The fraction of sp³-hybridized carbons (Fsp3) is 0.429. The van der Waals surface area contributed by atoms with Gasteiger partial charge in [-0.05, 0) is 44.1 Å². The van der Waals surface area contributed by atoms with Crippen LogP contribution in [0.5, 0.6) is 0 Å². The number of nitrogens with one attached hydrogen (secondary N) is 1. The number of hydrogen-bond donors (Lipinski definition) is 1. The molecule has 1 N–H and O–H groups in total. The van der Waals surface area contributed by atoms with E-state index in [1.807, 2.05) is 6.92 Å². The maximum absolute atomic E-state index is 13.0. The van der Waals surface area contributed by atoms with Crippen LogP contribution in [0.1, 0.15) is 41.0 Å². The Morgan fingerprint density at radius 3 is 2.59 bits per heavy atom. The molecule has 0 fully saturated rings. The van der Waals surface area contributed by atoms with E-state index in [1.54, 1.807) is 6.92 Å². The van der Waals surface area contributed by atoms with Gasteiger partial charge in [0, 0.05) is 10.6 Å². The highest BCUT2D eigenvalue weighted by atomic mass is 32.2. The molecule has 13 heteroatoms. The quantitative estimate of drug-likeness (QED) is 0.209. The molecule has 0 spiro atoms. The molecule has 1 aromatic rings. The number of aromatic nitrogens is 2. The highest BCUT2D eigenvalue weighted by molar-refractivity contribution is 8.01. The maximum Gasteiger partial charge on any atom is 0.416 e. The summed E-state index contributed by atoms with van der Waals surface area (Å²) in [6.45, 7) is 3.17. The molecule has 0 aliphatic carbocycles. The summed E-state index contributed by atoms with van der Waals surface area (Å²) in [5, 5.41) is 0. The van der Waals surface area contributed by atoms with E-state index >= 15 is 0 Å². The van der Waals surface area contributed by atoms with Gasteiger partial charge in [-0.25, -0.2) is 13.2 Å². The summed E-state index contributed by atoms with van der Waals surface area (Å²) < 4.78 is 81.1. The second-order valence-electron chi connectivity index (χ2n) is 7.62. The van der Waals surface area contributed by atoms with Crippen molar-refractivity contribution in [1.29, 1.82) is 0 Å². The molecule has 0 bridgehead atoms.